The summed E-state index contributed by atoms with van der Waals surface area (Å²) in [6.07, 6.45) is 3.63. The summed E-state index contributed by atoms with van der Waals surface area (Å²) in [4.78, 5) is 8.69. The summed E-state index contributed by atoms with van der Waals surface area (Å²) in [6, 6.07) is 1.95. The summed E-state index contributed by atoms with van der Waals surface area (Å²) in [5.74, 6) is -0.126. The fraction of sp³-hybridized carbons (Fsp3) is 0.429. The largest absolute Gasteiger partial charge is 0.369 e. The number of aliphatic imine (C=N–C) groups is 2. The number of hydrogen-bond acceptors (Lipinski definition) is 9. The van der Waals surface area contributed by atoms with Crippen LogP contribution in [-0.4, -0.2) is 34.4 Å². The van der Waals surface area contributed by atoms with E-state index in [1.54, 1.807) is 0 Å². The highest BCUT2D eigenvalue weighted by atomic mass is 35.5. The van der Waals surface area contributed by atoms with Gasteiger partial charge in [0.15, 0.2) is 0 Å². The van der Waals surface area contributed by atoms with Gasteiger partial charge in [0, 0.05) is 0 Å². The van der Waals surface area contributed by atoms with Gasteiger partial charge in [-0.3, -0.25) is 4.90 Å². The molecule has 1 spiro atoms. The molecule has 0 aromatic heterocycles. The zero-order chi connectivity index (χ0) is 20.9. The van der Waals surface area contributed by atoms with Gasteiger partial charge in [-0.2, -0.15) is 4.99 Å². The fourth-order valence-electron chi connectivity index (χ4n) is 3.61. The number of nitrogens with zero attached hydrogens (tertiary/aromatic N) is 3. The van der Waals surface area contributed by atoms with Gasteiger partial charge in [0.2, 0.25) is 32.0 Å². The molecule has 1 fully saturated rings. The Kier molecular flexibility index (Phi) is 5.08. The highest BCUT2D eigenvalue weighted by Gasteiger charge is 2.44. The lowest BCUT2D eigenvalue weighted by Gasteiger charge is -2.46. The average molecular weight is 450 g/mol. The van der Waals surface area contributed by atoms with Gasteiger partial charge >= 0.3 is 0 Å². The van der Waals surface area contributed by atoms with Crippen LogP contribution in [0.3, 0.4) is 0 Å². The van der Waals surface area contributed by atoms with Crippen LogP contribution in [-0.2, 0) is 20.0 Å². The Morgan fingerprint density at radius 3 is 2.07 bits per heavy atom. The number of rotatable bonds is 3. The van der Waals surface area contributed by atoms with Gasteiger partial charge in [-0.05, 0) is 37.8 Å². The van der Waals surface area contributed by atoms with Crippen LogP contribution in [0.2, 0.25) is 5.02 Å². The van der Waals surface area contributed by atoms with E-state index < -0.39 is 35.5 Å². The molecule has 8 N–H and O–H groups in total. The first-order valence-electron chi connectivity index (χ1n) is 8.24. The Morgan fingerprint density at radius 1 is 0.964 bits per heavy atom. The van der Waals surface area contributed by atoms with E-state index in [0.717, 1.165) is 31.4 Å². The molecule has 3 rings (SSSR count). The first-order valence-corrected chi connectivity index (χ1v) is 11.7. The van der Waals surface area contributed by atoms with Crippen molar-refractivity contribution in [1.29, 1.82) is 0 Å². The summed E-state index contributed by atoms with van der Waals surface area (Å²) in [6.45, 7) is 0. The lowest BCUT2D eigenvalue weighted by Crippen LogP contribution is -2.58. The highest BCUT2D eigenvalue weighted by Crippen LogP contribution is 2.43. The molecule has 0 bridgehead atoms. The Labute approximate surface area is 167 Å². The molecule has 0 saturated heterocycles. The van der Waals surface area contributed by atoms with E-state index in [-0.39, 0.29) is 22.6 Å². The molecule has 1 aromatic rings. The minimum absolute atomic E-state index is 0.0277. The standard InChI is InChI=1S/C14H20ClN7O4S2/c15-8-6-9(11(28(19,25)26)7-10(8)27(18,23)24)22-13(17)20-12(16)21-14(22)4-2-1-3-5-14/h6-7H,1-5H2,(H2,18,23,24)(H2,19,25,26)(H4,16,17,20,21). The van der Waals surface area contributed by atoms with Crippen LogP contribution in [0.1, 0.15) is 32.1 Å². The van der Waals surface area contributed by atoms with Crippen molar-refractivity contribution in [1.82, 2.24) is 0 Å². The van der Waals surface area contributed by atoms with Gasteiger partial charge < -0.3 is 11.5 Å². The van der Waals surface area contributed by atoms with E-state index in [1.165, 1.54) is 4.90 Å². The molecule has 1 aromatic carbocycles. The van der Waals surface area contributed by atoms with Crippen LogP contribution < -0.4 is 26.6 Å². The first kappa shape index (κ1) is 20.8. The van der Waals surface area contributed by atoms with Crippen molar-refractivity contribution in [3.8, 4) is 0 Å². The Balaban J connectivity index is 2.32. The summed E-state index contributed by atoms with van der Waals surface area (Å²) in [5.41, 5.74) is 10.9. The summed E-state index contributed by atoms with van der Waals surface area (Å²) < 4.78 is 48.1. The fourth-order valence-corrected chi connectivity index (χ4v) is 5.51. The second kappa shape index (κ2) is 6.84. The summed E-state index contributed by atoms with van der Waals surface area (Å²) >= 11 is 6.10. The maximum absolute atomic E-state index is 12.3. The zero-order valence-corrected chi connectivity index (χ0v) is 17.1. The number of nitrogens with two attached hydrogens (primary N) is 4. The van der Waals surface area contributed by atoms with Crippen molar-refractivity contribution < 1.29 is 16.8 Å². The molecular formula is C14H20ClN7O4S2. The third kappa shape index (κ3) is 3.67. The monoisotopic (exact) mass is 449 g/mol. The Morgan fingerprint density at radius 2 is 1.54 bits per heavy atom. The number of benzene rings is 1. The van der Waals surface area contributed by atoms with E-state index in [9.17, 15) is 16.8 Å². The van der Waals surface area contributed by atoms with Crippen LogP contribution in [0, 0.1) is 0 Å². The van der Waals surface area contributed by atoms with Crippen LogP contribution in [0.15, 0.2) is 31.9 Å². The summed E-state index contributed by atoms with van der Waals surface area (Å²) in [5, 5.41) is 10.2. The number of guanidine groups is 2. The number of hydrogen-bond donors (Lipinski definition) is 4. The molecule has 14 heteroatoms. The molecule has 1 saturated carbocycles. The number of primary sulfonamides is 2. The molecule has 1 aliphatic heterocycles. The van der Waals surface area contributed by atoms with Crippen LogP contribution in [0.25, 0.3) is 0 Å². The molecule has 2 aliphatic rings. The van der Waals surface area contributed by atoms with Crippen molar-refractivity contribution in [3.05, 3.63) is 17.2 Å². The second-order valence-corrected chi connectivity index (χ2v) is 10.1. The SMILES string of the molecule is NC1=NC2(CCCCC2)N(c2cc(Cl)c(S(N)(=O)=O)cc2S(N)(=O)=O)C(N)=N1. The van der Waals surface area contributed by atoms with Crippen LogP contribution in [0.5, 0.6) is 0 Å². The van der Waals surface area contributed by atoms with Gasteiger partial charge in [-0.1, -0.05) is 18.0 Å². The molecular weight excluding hydrogens is 430 g/mol. The molecule has 1 aliphatic carbocycles. The predicted octanol–water partition coefficient (Wildman–Crippen LogP) is -0.255. The normalized spacial score (nSPS) is 20.0. The number of sulfonamides is 2. The van der Waals surface area contributed by atoms with Crippen molar-refractivity contribution >= 4 is 49.3 Å². The van der Waals surface area contributed by atoms with Gasteiger partial charge in [0.25, 0.3) is 0 Å². The smallest absolute Gasteiger partial charge is 0.240 e. The molecule has 1 heterocycles. The lowest BCUT2D eigenvalue weighted by atomic mass is 9.87. The zero-order valence-electron chi connectivity index (χ0n) is 14.7. The second-order valence-electron chi connectivity index (χ2n) is 6.66. The van der Waals surface area contributed by atoms with Crippen LogP contribution >= 0.6 is 11.6 Å². The Hall–Kier alpha value is -1.93. The van der Waals surface area contributed by atoms with E-state index in [0.29, 0.717) is 12.8 Å². The van der Waals surface area contributed by atoms with Crippen molar-refractivity contribution in [2.24, 2.45) is 31.7 Å². The van der Waals surface area contributed by atoms with Gasteiger partial charge in [0.05, 0.1) is 10.7 Å². The molecule has 154 valence electrons. The van der Waals surface area contributed by atoms with E-state index in [4.69, 9.17) is 33.3 Å². The minimum Gasteiger partial charge on any atom is -0.369 e. The maximum atomic E-state index is 12.3. The topological polar surface area (TPSA) is 200 Å². The van der Waals surface area contributed by atoms with Gasteiger partial charge in [-0.15, -0.1) is 0 Å². The molecule has 0 amide bonds. The highest BCUT2D eigenvalue weighted by molar-refractivity contribution is 7.90. The molecule has 0 unspecified atom stereocenters. The summed E-state index contributed by atoms with van der Waals surface area (Å²) in [7, 11) is -8.68. The molecule has 28 heavy (non-hydrogen) atoms. The number of anilines is 1. The van der Waals surface area contributed by atoms with Crippen molar-refractivity contribution in [2.45, 2.75) is 47.6 Å². The lowest BCUT2D eigenvalue weighted by molar-refractivity contribution is 0.304. The molecule has 11 nitrogen and oxygen atoms in total. The predicted molar refractivity (Wildman–Crippen MR) is 106 cm³/mol. The third-order valence-electron chi connectivity index (χ3n) is 4.72. The number of halogens is 1. The maximum Gasteiger partial charge on any atom is 0.240 e. The van der Waals surface area contributed by atoms with E-state index in [2.05, 4.69) is 9.98 Å². The first-order chi connectivity index (χ1) is 12.8. The average Bonchev–Trinajstić information content (AvgIpc) is 2.52. The quantitative estimate of drug-likeness (QED) is 0.486. The Bertz CT molecular complexity index is 1090. The van der Waals surface area contributed by atoms with Crippen molar-refractivity contribution in [3.63, 3.8) is 0 Å². The van der Waals surface area contributed by atoms with E-state index in [1.807, 2.05) is 0 Å². The minimum atomic E-state index is -4.39. The molecule has 0 radical (unpaired) electrons. The van der Waals surface area contributed by atoms with Gasteiger partial charge in [0.1, 0.15) is 15.5 Å². The van der Waals surface area contributed by atoms with Crippen molar-refractivity contribution in [2.75, 3.05) is 4.90 Å². The van der Waals surface area contributed by atoms with Gasteiger partial charge in [-0.25, -0.2) is 32.1 Å². The van der Waals surface area contributed by atoms with Crippen LogP contribution in [0.4, 0.5) is 5.69 Å². The third-order valence-corrected chi connectivity index (χ3v) is 7.03. The molecule has 0 atom stereocenters. The van der Waals surface area contributed by atoms with E-state index >= 15 is 0 Å².